The van der Waals surface area contributed by atoms with Crippen molar-refractivity contribution in [2.24, 2.45) is 0 Å². The van der Waals surface area contributed by atoms with E-state index in [1.165, 1.54) is 0 Å². The fraction of sp³-hybridized carbons (Fsp3) is 0.273. The summed E-state index contributed by atoms with van der Waals surface area (Å²) in [7, 11) is -1.19. The monoisotopic (exact) mass is 254 g/mol. The van der Waals surface area contributed by atoms with Crippen LogP contribution in [0.25, 0.3) is 0 Å². The first-order valence-electron chi connectivity index (χ1n) is 4.17. The van der Waals surface area contributed by atoms with Crippen molar-refractivity contribution in [1.82, 2.24) is 0 Å². The van der Waals surface area contributed by atoms with E-state index in [1.54, 1.807) is 0 Å². The lowest BCUT2D eigenvalue weighted by molar-refractivity contribution is 1.81. The molecule has 0 atom stereocenters. The van der Waals surface area contributed by atoms with E-state index < -0.39 is 8.07 Å². The number of allylic oxidation sites excluding steroid dienone is 5. The lowest BCUT2D eigenvalue weighted by Crippen LogP contribution is -2.16. The molecular formula is C11H15BrSi. The van der Waals surface area contributed by atoms with Crippen LogP contribution in [0.1, 0.15) is 0 Å². The number of rotatable bonds is 2. The predicted octanol–water partition coefficient (Wildman–Crippen LogP) is 3.89. The van der Waals surface area contributed by atoms with Crippen LogP contribution in [0, 0.1) is 11.5 Å². The molecule has 0 aromatic heterocycles. The molecule has 0 aliphatic carbocycles. The molecular weight excluding hydrogens is 240 g/mol. The molecule has 0 N–H and O–H groups in total. The highest BCUT2D eigenvalue weighted by Gasteiger charge is 2.06. The Balaban J connectivity index is 3.93. The van der Waals surface area contributed by atoms with Crippen LogP contribution in [0.15, 0.2) is 35.4 Å². The normalized spacial score (nSPS) is 12.6. The van der Waals surface area contributed by atoms with Gasteiger partial charge in [0.15, 0.2) is 0 Å². The lowest BCUT2D eigenvalue weighted by Gasteiger charge is -2.01. The first-order valence-corrected chi connectivity index (χ1v) is 8.59. The highest BCUT2D eigenvalue weighted by atomic mass is 79.9. The van der Waals surface area contributed by atoms with Crippen molar-refractivity contribution >= 4 is 24.0 Å². The third kappa shape index (κ3) is 11.5. The maximum Gasteiger partial charge on any atom is 0.129 e. The zero-order valence-corrected chi connectivity index (χ0v) is 10.9. The van der Waals surface area contributed by atoms with Crippen molar-refractivity contribution in [2.45, 2.75) is 19.6 Å². The summed E-state index contributed by atoms with van der Waals surface area (Å²) in [5.41, 5.74) is 3.25. The summed E-state index contributed by atoms with van der Waals surface area (Å²) in [6, 6.07) is 0. The van der Waals surface area contributed by atoms with E-state index in [0.29, 0.717) is 0 Å². The SMILES string of the molecule is C[Si](C)(C)C#C/C=C/C=C/C=C\Br. The molecule has 0 unspecified atom stereocenters. The van der Waals surface area contributed by atoms with Gasteiger partial charge in [-0.3, -0.25) is 0 Å². The number of halogens is 1. The first-order chi connectivity index (χ1) is 6.06. The van der Waals surface area contributed by atoms with E-state index in [9.17, 15) is 0 Å². The van der Waals surface area contributed by atoms with Crippen molar-refractivity contribution in [3.05, 3.63) is 35.4 Å². The predicted molar refractivity (Wildman–Crippen MR) is 67.5 cm³/mol. The van der Waals surface area contributed by atoms with Crippen LogP contribution in [-0.2, 0) is 0 Å². The van der Waals surface area contributed by atoms with E-state index >= 15 is 0 Å². The fourth-order valence-electron chi connectivity index (χ4n) is 0.532. The minimum absolute atomic E-state index is 1.19. The van der Waals surface area contributed by atoms with Gasteiger partial charge in [0.2, 0.25) is 0 Å². The topological polar surface area (TPSA) is 0 Å². The molecule has 0 bridgehead atoms. The van der Waals surface area contributed by atoms with E-state index in [2.05, 4.69) is 47.0 Å². The van der Waals surface area contributed by atoms with Crippen molar-refractivity contribution < 1.29 is 0 Å². The van der Waals surface area contributed by atoms with Crippen molar-refractivity contribution in [3.8, 4) is 11.5 Å². The molecule has 0 nitrogen and oxygen atoms in total. The Morgan fingerprint density at radius 1 is 1.00 bits per heavy atom. The Morgan fingerprint density at radius 3 is 2.15 bits per heavy atom. The second-order valence-corrected chi connectivity index (χ2v) is 8.86. The molecule has 0 aromatic rings. The van der Waals surface area contributed by atoms with Crippen molar-refractivity contribution in [3.63, 3.8) is 0 Å². The molecule has 0 heterocycles. The maximum absolute atomic E-state index is 3.25. The molecule has 0 saturated heterocycles. The van der Waals surface area contributed by atoms with Crippen LogP contribution in [0.2, 0.25) is 19.6 Å². The van der Waals surface area contributed by atoms with Gasteiger partial charge in [-0.15, -0.1) is 5.54 Å². The Morgan fingerprint density at radius 2 is 1.62 bits per heavy atom. The lowest BCUT2D eigenvalue weighted by atomic mass is 10.4. The molecule has 0 amide bonds. The van der Waals surface area contributed by atoms with E-state index in [1.807, 2.05) is 35.4 Å². The average molecular weight is 255 g/mol. The quantitative estimate of drug-likeness (QED) is 0.399. The Labute approximate surface area is 90.6 Å². The van der Waals surface area contributed by atoms with Gasteiger partial charge in [0.05, 0.1) is 0 Å². The van der Waals surface area contributed by atoms with Crippen LogP contribution in [0.4, 0.5) is 0 Å². The Bertz CT molecular complexity index is 269. The molecule has 0 fully saturated rings. The van der Waals surface area contributed by atoms with Gasteiger partial charge in [-0.2, -0.15) is 0 Å². The molecule has 13 heavy (non-hydrogen) atoms. The third-order valence-electron chi connectivity index (χ3n) is 1.03. The van der Waals surface area contributed by atoms with Gasteiger partial charge >= 0.3 is 0 Å². The third-order valence-corrected chi connectivity index (χ3v) is 2.23. The zero-order chi connectivity index (χ0) is 10.2. The molecule has 0 saturated carbocycles. The highest BCUT2D eigenvalue weighted by Crippen LogP contribution is 1.95. The van der Waals surface area contributed by atoms with Gasteiger partial charge in [0.1, 0.15) is 8.07 Å². The zero-order valence-electron chi connectivity index (χ0n) is 8.34. The van der Waals surface area contributed by atoms with E-state index in [0.717, 1.165) is 0 Å². The first kappa shape index (κ1) is 12.5. The highest BCUT2D eigenvalue weighted by molar-refractivity contribution is 9.11. The van der Waals surface area contributed by atoms with Gasteiger partial charge in [0.25, 0.3) is 0 Å². The van der Waals surface area contributed by atoms with Gasteiger partial charge in [-0.05, 0) is 11.1 Å². The second-order valence-electron chi connectivity index (χ2n) is 3.58. The number of hydrogen-bond donors (Lipinski definition) is 0. The van der Waals surface area contributed by atoms with Gasteiger partial charge in [-0.25, -0.2) is 0 Å². The summed E-state index contributed by atoms with van der Waals surface area (Å²) in [4.78, 5) is 1.81. The molecule has 2 heteroatoms. The van der Waals surface area contributed by atoms with Gasteiger partial charge in [-0.1, -0.05) is 65.8 Å². The largest absolute Gasteiger partial charge is 0.129 e. The summed E-state index contributed by atoms with van der Waals surface area (Å²) in [6.07, 6.45) is 9.64. The fourth-order valence-corrected chi connectivity index (χ4v) is 1.22. The second kappa shape index (κ2) is 6.94. The molecule has 70 valence electrons. The minimum Gasteiger partial charge on any atom is -0.127 e. The molecule has 0 aliphatic heterocycles. The summed E-state index contributed by atoms with van der Waals surface area (Å²) >= 11 is 3.18. The van der Waals surface area contributed by atoms with Gasteiger partial charge < -0.3 is 0 Å². The van der Waals surface area contributed by atoms with Crippen molar-refractivity contribution in [2.75, 3.05) is 0 Å². The smallest absolute Gasteiger partial charge is 0.127 e. The van der Waals surface area contributed by atoms with Crippen LogP contribution in [-0.4, -0.2) is 8.07 Å². The maximum atomic E-state index is 3.25. The van der Waals surface area contributed by atoms with Crippen molar-refractivity contribution in [1.29, 1.82) is 0 Å². The standard InChI is InChI=1S/C11H15BrSi/c1-13(2,3)11-9-7-5-4-6-8-10-12/h4-8,10H,1-3H3/b6-4+,7-5+,10-8-. The van der Waals surface area contributed by atoms with Crippen LogP contribution in [0.3, 0.4) is 0 Å². The Kier molecular flexibility index (Phi) is 6.66. The van der Waals surface area contributed by atoms with Crippen LogP contribution < -0.4 is 0 Å². The van der Waals surface area contributed by atoms with Gasteiger partial charge in [0, 0.05) is 0 Å². The summed E-state index contributed by atoms with van der Waals surface area (Å²) in [5.74, 6) is 3.05. The van der Waals surface area contributed by atoms with Crippen LogP contribution >= 0.6 is 15.9 Å². The average Bonchev–Trinajstić information content (AvgIpc) is 2.01. The Hall–Kier alpha value is -0.523. The summed E-state index contributed by atoms with van der Waals surface area (Å²) in [6.45, 7) is 6.70. The van der Waals surface area contributed by atoms with Crippen LogP contribution in [0.5, 0.6) is 0 Å². The number of hydrogen-bond acceptors (Lipinski definition) is 0. The molecule has 0 rings (SSSR count). The minimum atomic E-state index is -1.19. The van der Waals surface area contributed by atoms with E-state index in [4.69, 9.17) is 0 Å². The van der Waals surface area contributed by atoms with E-state index in [-0.39, 0.29) is 0 Å². The molecule has 0 radical (unpaired) electrons. The summed E-state index contributed by atoms with van der Waals surface area (Å²) in [5, 5.41) is 0. The molecule has 0 spiro atoms. The summed E-state index contributed by atoms with van der Waals surface area (Å²) < 4.78 is 0. The molecule has 0 aliphatic rings. The molecule has 0 aromatic carbocycles.